The van der Waals surface area contributed by atoms with Crippen molar-refractivity contribution in [2.75, 3.05) is 13.7 Å². The highest BCUT2D eigenvalue weighted by molar-refractivity contribution is 5.76. The number of benzene rings is 1. The topological polar surface area (TPSA) is 50.4 Å². The number of amides is 1. The van der Waals surface area contributed by atoms with Gasteiger partial charge in [0.2, 0.25) is 5.91 Å². The molecule has 2 N–H and O–H groups in total. The molecule has 0 aliphatic rings. The van der Waals surface area contributed by atoms with Crippen LogP contribution in [0.3, 0.4) is 0 Å². The molecule has 1 aromatic rings. The summed E-state index contributed by atoms with van der Waals surface area (Å²) in [6.07, 6.45) is 0.382. The average molecular weight is 264 g/mol. The molecule has 0 aliphatic carbocycles. The van der Waals surface area contributed by atoms with Crippen molar-refractivity contribution in [3.05, 3.63) is 29.8 Å². The molecule has 0 aliphatic heterocycles. The van der Waals surface area contributed by atoms with Gasteiger partial charge in [-0.25, -0.2) is 0 Å². The lowest BCUT2D eigenvalue weighted by Gasteiger charge is -2.12. The van der Waals surface area contributed by atoms with E-state index in [0.717, 1.165) is 5.75 Å². The number of nitrogens with one attached hydrogen (secondary N) is 2. The van der Waals surface area contributed by atoms with Crippen LogP contribution < -0.4 is 15.4 Å². The van der Waals surface area contributed by atoms with Crippen molar-refractivity contribution in [2.24, 2.45) is 0 Å². The zero-order valence-electron chi connectivity index (χ0n) is 12.2. The van der Waals surface area contributed by atoms with Gasteiger partial charge < -0.3 is 15.4 Å². The Morgan fingerprint density at radius 2 is 1.84 bits per heavy atom. The second-order valence-corrected chi connectivity index (χ2v) is 4.90. The third kappa shape index (κ3) is 5.75. The van der Waals surface area contributed by atoms with Gasteiger partial charge in [0.25, 0.3) is 0 Å². The Morgan fingerprint density at radius 3 is 2.37 bits per heavy atom. The van der Waals surface area contributed by atoms with Crippen LogP contribution in [0.2, 0.25) is 0 Å². The van der Waals surface area contributed by atoms with Gasteiger partial charge in [-0.3, -0.25) is 4.79 Å². The lowest BCUT2D eigenvalue weighted by atomic mass is 10.1. The molecule has 4 heteroatoms. The summed E-state index contributed by atoms with van der Waals surface area (Å²) in [6.45, 7) is 6.40. The molecule has 0 saturated heterocycles. The minimum Gasteiger partial charge on any atom is -0.493 e. The Balaban J connectivity index is 2.36. The van der Waals surface area contributed by atoms with E-state index in [1.54, 1.807) is 0 Å². The molecule has 0 fully saturated rings. The Bertz CT molecular complexity index is 388. The van der Waals surface area contributed by atoms with Crippen molar-refractivity contribution in [3.63, 3.8) is 0 Å². The minimum absolute atomic E-state index is 0.0235. The van der Waals surface area contributed by atoms with Gasteiger partial charge in [0.05, 0.1) is 13.0 Å². The standard InChI is InChI=1S/C15H24N2O2/c1-11(2)17-15(18)9-10-19-14-7-5-13(6-8-14)12(3)16-4/h5-8,11-12,16H,9-10H2,1-4H3,(H,17,18). The molecule has 0 heterocycles. The summed E-state index contributed by atoms with van der Waals surface area (Å²) in [7, 11) is 1.93. The lowest BCUT2D eigenvalue weighted by Crippen LogP contribution is -2.31. The van der Waals surface area contributed by atoms with E-state index in [2.05, 4.69) is 17.6 Å². The molecule has 1 atom stereocenters. The fourth-order valence-electron chi connectivity index (χ4n) is 1.68. The number of carbonyl (C=O) groups is 1. The second kappa shape index (κ2) is 7.79. The molecule has 19 heavy (non-hydrogen) atoms. The van der Waals surface area contributed by atoms with Crippen LogP contribution in [0.15, 0.2) is 24.3 Å². The number of hydrogen-bond acceptors (Lipinski definition) is 3. The van der Waals surface area contributed by atoms with E-state index in [1.807, 2.05) is 45.2 Å². The summed E-state index contributed by atoms with van der Waals surface area (Å²) in [5.41, 5.74) is 1.22. The summed E-state index contributed by atoms with van der Waals surface area (Å²) in [5.74, 6) is 0.819. The zero-order chi connectivity index (χ0) is 14.3. The maximum atomic E-state index is 11.4. The van der Waals surface area contributed by atoms with Crippen LogP contribution in [0, 0.1) is 0 Å². The monoisotopic (exact) mass is 264 g/mol. The predicted molar refractivity (Wildman–Crippen MR) is 77.3 cm³/mol. The SMILES string of the molecule is CNC(C)c1ccc(OCCC(=O)NC(C)C)cc1. The summed E-state index contributed by atoms with van der Waals surface area (Å²) >= 11 is 0. The molecule has 0 bridgehead atoms. The largest absolute Gasteiger partial charge is 0.493 e. The fraction of sp³-hybridized carbons (Fsp3) is 0.533. The average Bonchev–Trinajstić information content (AvgIpc) is 2.37. The number of hydrogen-bond donors (Lipinski definition) is 2. The minimum atomic E-state index is 0.0235. The Hall–Kier alpha value is -1.55. The van der Waals surface area contributed by atoms with E-state index >= 15 is 0 Å². The Morgan fingerprint density at radius 1 is 1.21 bits per heavy atom. The molecule has 106 valence electrons. The summed E-state index contributed by atoms with van der Waals surface area (Å²) in [5, 5.41) is 6.02. The highest BCUT2D eigenvalue weighted by Crippen LogP contribution is 2.17. The van der Waals surface area contributed by atoms with Gasteiger partial charge in [0, 0.05) is 12.1 Å². The van der Waals surface area contributed by atoms with Gasteiger partial charge in [0.1, 0.15) is 5.75 Å². The van der Waals surface area contributed by atoms with Gasteiger partial charge in [0.15, 0.2) is 0 Å². The number of carbonyl (C=O) groups excluding carboxylic acids is 1. The Kier molecular flexibility index (Phi) is 6.36. The van der Waals surface area contributed by atoms with E-state index in [9.17, 15) is 4.79 Å². The first kappa shape index (κ1) is 15.5. The van der Waals surface area contributed by atoms with E-state index in [-0.39, 0.29) is 11.9 Å². The van der Waals surface area contributed by atoms with Crippen LogP contribution in [0.1, 0.15) is 38.8 Å². The summed E-state index contributed by atoms with van der Waals surface area (Å²) in [4.78, 5) is 11.4. The quantitative estimate of drug-likeness (QED) is 0.794. The Labute approximate surface area is 115 Å². The number of rotatable bonds is 7. The van der Waals surface area contributed by atoms with Crippen molar-refractivity contribution in [1.29, 1.82) is 0 Å². The number of ether oxygens (including phenoxy) is 1. The van der Waals surface area contributed by atoms with E-state index in [4.69, 9.17) is 4.74 Å². The molecule has 0 aromatic heterocycles. The first-order valence-electron chi connectivity index (χ1n) is 6.72. The molecule has 1 unspecified atom stereocenters. The van der Waals surface area contributed by atoms with Crippen molar-refractivity contribution in [3.8, 4) is 5.75 Å². The third-order valence-electron chi connectivity index (χ3n) is 2.86. The highest BCUT2D eigenvalue weighted by Gasteiger charge is 2.05. The van der Waals surface area contributed by atoms with Crippen LogP contribution in [-0.2, 0) is 4.79 Å². The molecular formula is C15H24N2O2. The fourth-order valence-corrected chi connectivity index (χ4v) is 1.68. The highest BCUT2D eigenvalue weighted by atomic mass is 16.5. The van der Waals surface area contributed by atoms with Crippen molar-refractivity contribution >= 4 is 5.91 Å². The molecule has 0 saturated carbocycles. The lowest BCUT2D eigenvalue weighted by molar-refractivity contribution is -0.122. The first-order valence-corrected chi connectivity index (χ1v) is 6.72. The molecule has 4 nitrogen and oxygen atoms in total. The smallest absolute Gasteiger partial charge is 0.223 e. The second-order valence-electron chi connectivity index (χ2n) is 4.90. The van der Waals surface area contributed by atoms with Crippen molar-refractivity contribution < 1.29 is 9.53 Å². The van der Waals surface area contributed by atoms with Crippen LogP contribution in [0.4, 0.5) is 0 Å². The maximum Gasteiger partial charge on any atom is 0.223 e. The molecule has 1 amide bonds. The van der Waals surface area contributed by atoms with Crippen LogP contribution in [0.5, 0.6) is 5.75 Å². The molecule has 1 rings (SSSR count). The van der Waals surface area contributed by atoms with Gasteiger partial charge >= 0.3 is 0 Å². The molecular weight excluding hydrogens is 240 g/mol. The van der Waals surface area contributed by atoms with E-state index < -0.39 is 0 Å². The third-order valence-corrected chi connectivity index (χ3v) is 2.86. The van der Waals surface area contributed by atoms with Gasteiger partial charge in [-0.15, -0.1) is 0 Å². The predicted octanol–water partition coefficient (Wildman–Crippen LogP) is 2.26. The molecule has 1 aromatic carbocycles. The van der Waals surface area contributed by atoms with E-state index in [1.165, 1.54) is 5.56 Å². The molecule has 0 spiro atoms. The van der Waals surface area contributed by atoms with Crippen LogP contribution in [-0.4, -0.2) is 25.6 Å². The summed E-state index contributed by atoms with van der Waals surface area (Å²) < 4.78 is 5.55. The van der Waals surface area contributed by atoms with Crippen molar-refractivity contribution in [1.82, 2.24) is 10.6 Å². The van der Waals surface area contributed by atoms with Gasteiger partial charge in [-0.05, 0) is 45.5 Å². The molecule has 0 radical (unpaired) electrons. The van der Waals surface area contributed by atoms with Crippen LogP contribution >= 0.6 is 0 Å². The van der Waals surface area contributed by atoms with Gasteiger partial charge in [-0.1, -0.05) is 12.1 Å². The van der Waals surface area contributed by atoms with Crippen molar-refractivity contribution in [2.45, 2.75) is 39.3 Å². The zero-order valence-corrected chi connectivity index (χ0v) is 12.2. The summed E-state index contributed by atoms with van der Waals surface area (Å²) in [6, 6.07) is 8.43. The normalized spacial score (nSPS) is 12.3. The van der Waals surface area contributed by atoms with Crippen LogP contribution in [0.25, 0.3) is 0 Å². The first-order chi connectivity index (χ1) is 9.02. The van der Waals surface area contributed by atoms with Gasteiger partial charge in [-0.2, -0.15) is 0 Å². The van der Waals surface area contributed by atoms with E-state index in [0.29, 0.717) is 19.1 Å². The maximum absolute atomic E-state index is 11.4.